The Kier molecular flexibility index (Phi) is 1.63. The van der Waals surface area contributed by atoms with Crippen molar-refractivity contribution in [1.82, 2.24) is 10.2 Å². The summed E-state index contributed by atoms with van der Waals surface area (Å²) in [5.74, 6) is 2.18. The van der Waals surface area contributed by atoms with Gasteiger partial charge in [0.2, 0.25) is 11.8 Å². The lowest BCUT2D eigenvalue weighted by atomic mass is 10.4. The van der Waals surface area contributed by atoms with E-state index in [0.717, 1.165) is 16.2 Å². The molecular formula is C6H7IN2O. The third-order valence-electron chi connectivity index (χ3n) is 1.52. The Morgan fingerprint density at radius 3 is 2.80 bits per heavy atom. The van der Waals surface area contributed by atoms with Gasteiger partial charge in [-0.2, -0.15) is 0 Å². The van der Waals surface area contributed by atoms with Crippen LogP contribution in [0.5, 0.6) is 0 Å². The third kappa shape index (κ3) is 1.16. The molecule has 0 aliphatic heterocycles. The highest BCUT2D eigenvalue weighted by atomic mass is 127. The van der Waals surface area contributed by atoms with Crippen molar-refractivity contribution < 1.29 is 4.42 Å². The lowest BCUT2D eigenvalue weighted by molar-refractivity contribution is 0.468. The first-order valence-corrected chi connectivity index (χ1v) is 4.81. The smallest absolute Gasteiger partial charge is 0.226 e. The minimum absolute atomic E-state index is 0.587. The topological polar surface area (TPSA) is 38.9 Å². The van der Waals surface area contributed by atoms with Gasteiger partial charge in [0, 0.05) is 5.92 Å². The molecular weight excluding hydrogens is 243 g/mol. The Morgan fingerprint density at radius 1 is 1.50 bits per heavy atom. The van der Waals surface area contributed by atoms with Crippen molar-refractivity contribution in [2.45, 2.75) is 23.2 Å². The fourth-order valence-corrected chi connectivity index (χ4v) is 1.12. The minimum atomic E-state index is 0.587. The van der Waals surface area contributed by atoms with Crippen LogP contribution in [-0.4, -0.2) is 10.2 Å². The van der Waals surface area contributed by atoms with Gasteiger partial charge < -0.3 is 4.42 Å². The molecule has 0 saturated heterocycles. The van der Waals surface area contributed by atoms with E-state index < -0.39 is 0 Å². The van der Waals surface area contributed by atoms with Gasteiger partial charge >= 0.3 is 0 Å². The normalized spacial score (nSPS) is 17.7. The molecule has 4 heteroatoms. The summed E-state index contributed by atoms with van der Waals surface area (Å²) in [6.07, 6.45) is 2.45. The highest BCUT2D eigenvalue weighted by molar-refractivity contribution is 14.1. The Morgan fingerprint density at radius 2 is 2.30 bits per heavy atom. The molecule has 0 aromatic carbocycles. The minimum Gasteiger partial charge on any atom is -0.424 e. The summed E-state index contributed by atoms with van der Waals surface area (Å²) in [5, 5.41) is 7.80. The largest absolute Gasteiger partial charge is 0.424 e. The predicted molar refractivity (Wildman–Crippen MR) is 44.0 cm³/mol. The van der Waals surface area contributed by atoms with E-state index in [1.807, 2.05) is 0 Å². The van der Waals surface area contributed by atoms with Crippen molar-refractivity contribution in [3.05, 3.63) is 11.8 Å². The second kappa shape index (κ2) is 2.48. The summed E-state index contributed by atoms with van der Waals surface area (Å²) in [7, 11) is 0. The van der Waals surface area contributed by atoms with Crippen molar-refractivity contribution in [3.63, 3.8) is 0 Å². The zero-order valence-corrected chi connectivity index (χ0v) is 7.54. The highest BCUT2D eigenvalue weighted by Gasteiger charge is 2.29. The Balaban J connectivity index is 2.19. The van der Waals surface area contributed by atoms with Crippen molar-refractivity contribution in [2.24, 2.45) is 0 Å². The maximum absolute atomic E-state index is 5.33. The molecule has 1 fully saturated rings. The van der Waals surface area contributed by atoms with E-state index in [4.69, 9.17) is 4.42 Å². The molecule has 0 unspecified atom stereocenters. The van der Waals surface area contributed by atoms with Crippen molar-refractivity contribution in [3.8, 4) is 0 Å². The summed E-state index contributed by atoms with van der Waals surface area (Å²) in [4.78, 5) is 0. The summed E-state index contributed by atoms with van der Waals surface area (Å²) >= 11 is 2.21. The highest BCUT2D eigenvalue weighted by Crippen LogP contribution is 2.39. The molecule has 0 atom stereocenters. The van der Waals surface area contributed by atoms with Crippen LogP contribution in [0.15, 0.2) is 4.42 Å². The van der Waals surface area contributed by atoms with Crippen LogP contribution in [0.4, 0.5) is 0 Å². The van der Waals surface area contributed by atoms with Crippen LogP contribution in [-0.2, 0) is 4.43 Å². The van der Waals surface area contributed by atoms with Gasteiger partial charge in [-0.25, -0.2) is 0 Å². The van der Waals surface area contributed by atoms with E-state index in [1.165, 1.54) is 12.8 Å². The molecule has 2 rings (SSSR count). The van der Waals surface area contributed by atoms with Crippen LogP contribution in [0, 0.1) is 0 Å². The molecule has 0 amide bonds. The summed E-state index contributed by atoms with van der Waals surface area (Å²) in [6, 6.07) is 0. The van der Waals surface area contributed by atoms with Crippen LogP contribution in [0.25, 0.3) is 0 Å². The van der Waals surface area contributed by atoms with Gasteiger partial charge in [0.1, 0.15) is 0 Å². The van der Waals surface area contributed by atoms with Crippen LogP contribution in [0.1, 0.15) is 30.5 Å². The van der Waals surface area contributed by atoms with Crippen LogP contribution >= 0.6 is 22.6 Å². The maximum atomic E-state index is 5.33. The zero-order chi connectivity index (χ0) is 6.97. The molecule has 1 aromatic heterocycles. The average molecular weight is 250 g/mol. The standard InChI is InChI=1S/C6H7IN2O/c7-3-5-8-9-6(10-5)4-1-2-4/h4H,1-3H2. The lowest BCUT2D eigenvalue weighted by Gasteiger charge is -1.82. The quantitative estimate of drug-likeness (QED) is 0.594. The van der Waals surface area contributed by atoms with Gasteiger partial charge in [0.25, 0.3) is 0 Å². The number of aromatic nitrogens is 2. The third-order valence-corrected chi connectivity index (χ3v) is 2.18. The Hall–Kier alpha value is -0.130. The number of halogens is 1. The van der Waals surface area contributed by atoms with E-state index >= 15 is 0 Å². The second-order valence-electron chi connectivity index (χ2n) is 2.44. The van der Waals surface area contributed by atoms with E-state index in [9.17, 15) is 0 Å². The van der Waals surface area contributed by atoms with Gasteiger partial charge in [-0.1, -0.05) is 22.6 Å². The molecule has 1 aliphatic rings. The molecule has 1 saturated carbocycles. The molecule has 54 valence electrons. The van der Waals surface area contributed by atoms with E-state index in [2.05, 4.69) is 32.8 Å². The average Bonchev–Trinajstić information content (AvgIpc) is 2.70. The predicted octanol–water partition coefficient (Wildman–Crippen LogP) is 1.88. The molecule has 10 heavy (non-hydrogen) atoms. The van der Waals surface area contributed by atoms with Crippen molar-refractivity contribution in [1.29, 1.82) is 0 Å². The Bertz CT molecular complexity index is 231. The summed E-state index contributed by atoms with van der Waals surface area (Å²) in [6.45, 7) is 0. The number of rotatable bonds is 2. The fourth-order valence-electron chi connectivity index (χ4n) is 0.816. The van der Waals surface area contributed by atoms with Gasteiger partial charge in [-0.15, -0.1) is 10.2 Å². The molecule has 1 heterocycles. The molecule has 0 spiro atoms. The zero-order valence-electron chi connectivity index (χ0n) is 5.38. The first kappa shape index (κ1) is 6.57. The van der Waals surface area contributed by atoms with Crippen molar-refractivity contribution >= 4 is 22.6 Å². The maximum Gasteiger partial charge on any atom is 0.226 e. The van der Waals surface area contributed by atoms with Crippen LogP contribution in [0.3, 0.4) is 0 Å². The molecule has 0 radical (unpaired) electrons. The van der Waals surface area contributed by atoms with Gasteiger partial charge in [-0.3, -0.25) is 0 Å². The first-order valence-electron chi connectivity index (χ1n) is 3.28. The lowest BCUT2D eigenvalue weighted by Crippen LogP contribution is -1.76. The van der Waals surface area contributed by atoms with E-state index in [0.29, 0.717) is 5.92 Å². The monoisotopic (exact) mass is 250 g/mol. The van der Waals surface area contributed by atoms with Crippen LogP contribution < -0.4 is 0 Å². The SMILES string of the molecule is ICc1nnc(C2CC2)o1. The molecule has 0 bridgehead atoms. The number of nitrogens with zero attached hydrogens (tertiary/aromatic N) is 2. The second-order valence-corrected chi connectivity index (χ2v) is 3.20. The van der Waals surface area contributed by atoms with Gasteiger partial charge in [-0.05, 0) is 12.8 Å². The first-order chi connectivity index (χ1) is 4.90. The number of alkyl halides is 1. The van der Waals surface area contributed by atoms with Crippen LogP contribution in [0.2, 0.25) is 0 Å². The number of hydrogen-bond acceptors (Lipinski definition) is 3. The summed E-state index contributed by atoms with van der Waals surface area (Å²) < 4.78 is 6.14. The van der Waals surface area contributed by atoms with Gasteiger partial charge in [0.15, 0.2) is 0 Å². The molecule has 1 aliphatic carbocycles. The van der Waals surface area contributed by atoms with Gasteiger partial charge in [0.05, 0.1) is 4.43 Å². The molecule has 0 N–H and O–H groups in total. The molecule has 1 aromatic rings. The van der Waals surface area contributed by atoms with E-state index in [1.54, 1.807) is 0 Å². The van der Waals surface area contributed by atoms with E-state index in [-0.39, 0.29) is 0 Å². The van der Waals surface area contributed by atoms with Crippen molar-refractivity contribution in [2.75, 3.05) is 0 Å². The number of hydrogen-bond donors (Lipinski definition) is 0. The summed E-state index contributed by atoms with van der Waals surface area (Å²) in [5.41, 5.74) is 0. The Labute approximate surface area is 72.3 Å². The molecule has 3 nitrogen and oxygen atoms in total. The fraction of sp³-hybridized carbons (Fsp3) is 0.667.